The van der Waals surface area contributed by atoms with Gasteiger partial charge in [-0.2, -0.15) is 5.10 Å². The first kappa shape index (κ1) is 20.3. The van der Waals surface area contributed by atoms with Gasteiger partial charge >= 0.3 is 0 Å². The number of nitrogens with zero attached hydrogens (tertiary/aromatic N) is 4. The van der Waals surface area contributed by atoms with Gasteiger partial charge < -0.3 is 9.64 Å². The first-order valence-electron chi connectivity index (χ1n) is 10.1. The average molecular weight is 412 g/mol. The van der Waals surface area contributed by atoms with Crippen LogP contribution >= 0.6 is 0 Å². The number of hydrogen-bond donors (Lipinski definition) is 0. The van der Waals surface area contributed by atoms with Crippen LogP contribution in [-0.2, 0) is 6.61 Å². The molecule has 4 rings (SSSR count). The number of rotatable bonds is 7. The summed E-state index contributed by atoms with van der Waals surface area (Å²) in [5, 5.41) is 4.14. The lowest BCUT2D eigenvalue weighted by Gasteiger charge is -2.26. The minimum absolute atomic E-state index is 0.0574. The average Bonchev–Trinajstić information content (AvgIpc) is 3.37. The summed E-state index contributed by atoms with van der Waals surface area (Å²) in [4.78, 5) is 18.8. The molecule has 4 aromatic rings. The van der Waals surface area contributed by atoms with Crippen LogP contribution in [0.2, 0.25) is 0 Å². The van der Waals surface area contributed by atoms with Gasteiger partial charge in [0.15, 0.2) is 0 Å². The number of benzene rings is 3. The van der Waals surface area contributed by atoms with Gasteiger partial charge in [0.05, 0.1) is 11.7 Å². The van der Waals surface area contributed by atoms with Crippen molar-refractivity contribution >= 4 is 5.91 Å². The van der Waals surface area contributed by atoms with Crippen LogP contribution in [0.15, 0.2) is 91.5 Å². The van der Waals surface area contributed by atoms with E-state index in [4.69, 9.17) is 4.74 Å². The highest BCUT2D eigenvalue weighted by atomic mass is 16.5. The highest BCUT2D eigenvalue weighted by Gasteiger charge is 2.19. The van der Waals surface area contributed by atoms with Gasteiger partial charge in [0.1, 0.15) is 25.0 Å². The van der Waals surface area contributed by atoms with Crippen molar-refractivity contribution in [3.8, 4) is 11.4 Å². The Morgan fingerprint density at radius 2 is 1.81 bits per heavy atom. The molecule has 1 amide bonds. The predicted octanol–water partition coefficient (Wildman–Crippen LogP) is 4.68. The fourth-order valence-electron chi connectivity index (χ4n) is 3.31. The number of carbonyl (C=O) groups is 1. The van der Waals surface area contributed by atoms with Gasteiger partial charge in [0.25, 0.3) is 5.91 Å². The molecule has 31 heavy (non-hydrogen) atoms. The third kappa shape index (κ3) is 4.80. The Morgan fingerprint density at radius 1 is 1.03 bits per heavy atom. The molecule has 6 heteroatoms. The third-order valence-corrected chi connectivity index (χ3v) is 5.29. The molecule has 0 N–H and O–H groups in total. The fourth-order valence-corrected chi connectivity index (χ4v) is 3.31. The first-order valence-corrected chi connectivity index (χ1v) is 10.1. The molecule has 0 saturated carbocycles. The summed E-state index contributed by atoms with van der Waals surface area (Å²) in [6, 6.07) is 25.1. The normalized spacial score (nSPS) is 11.7. The number of aromatic nitrogens is 3. The van der Waals surface area contributed by atoms with Crippen molar-refractivity contribution < 1.29 is 9.53 Å². The van der Waals surface area contributed by atoms with Crippen molar-refractivity contribution in [1.82, 2.24) is 19.7 Å². The van der Waals surface area contributed by atoms with Crippen molar-refractivity contribution in [2.24, 2.45) is 0 Å². The van der Waals surface area contributed by atoms with Crippen molar-refractivity contribution in [2.45, 2.75) is 19.6 Å². The Kier molecular flexibility index (Phi) is 6.08. The minimum Gasteiger partial charge on any atom is -0.489 e. The fraction of sp³-hybridized carbons (Fsp3) is 0.160. The van der Waals surface area contributed by atoms with Gasteiger partial charge in [0, 0.05) is 12.6 Å². The van der Waals surface area contributed by atoms with Crippen molar-refractivity contribution in [2.75, 3.05) is 7.05 Å². The largest absolute Gasteiger partial charge is 0.489 e. The second-order valence-electron chi connectivity index (χ2n) is 7.33. The quantitative estimate of drug-likeness (QED) is 0.442. The lowest BCUT2D eigenvalue weighted by atomic mass is 10.1. The first-order chi connectivity index (χ1) is 15.1. The van der Waals surface area contributed by atoms with Crippen LogP contribution in [0.5, 0.6) is 5.75 Å². The highest BCUT2D eigenvalue weighted by Crippen LogP contribution is 2.23. The van der Waals surface area contributed by atoms with E-state index in [0.29, 0.717) is 17.9 Å². The monoisotopic (exact) mass is 412 g/mol. The summed E-state index contributed by atoms with van der Waals surface area (Å²) in [5.74, 6) is 0.617. The molecule has 1 atom stereocenters. The Balaban J connectivity index is 1.43. The van der Waals surface area contributed by atoms with E-state index < -0.39 is 0 Å². The Labute approximate surface area is 181 Å². The molecule has 0 saturated heterocycles. The molecule has 3 aromatic carbocycles. The molecule has 0 spiro atoms. The van der Waals surface area contributed by atoms with Crippen molar-refractivity contribution in [1.29, 1.82) is 0 Å². The van der Waals surface area contributed by atoms with E-state index in [0.717, 1.165) is 16.8 Å². The van der Waals surface area contributed by atoms with Crippen LogP contribution in [0.3, 0.4) is 0 Å². The second kappa shape index (κ2) is 9.26. The van der Waals surface area contributed by atoms with Gasteiger partial charge in [-0.3, -0.25) is 4.79 Å². The van der Waals surface area contributed by atoms with E-state index in [9.17, 15) is 4.79 Å². The zero-order valence-electron chi connectivity index (χ0n) is 17.6. The molecular formula is C25H24N4O2. The smallest absolute Gasteiger partial charge is 0.254 e. The molecule has 0 fully saturated rings. The van der Waals surface area contributed by atoms with E-state index >= 15 is 0 Å². The maximum absolute atomic E-state index is 13.1. The van der Waals surface area contributed by atoms with Gasteiger partial charge in [-0.1, -0.05) is 48.5 Å². The third-order valence-electron chi connectivity index (χ3n) is 5.29. The van der Waals surface area contributed by atoms with Crippen LogP contribution < -0.4 is 4.74 Å². The Morgan fingerprint density at radius 3 is 2.52 bits per heavy atom. The van der Waals surface area contributed by atoms with Crippen LogP contribution in [-0.4, -0.2) is 32.6 Å². The van der Waals surface area contributed by atoms with E-state index in [1.54, 1.807) is 22.0 Å². The van der Waals surface area contributed by atoms with Gasteiger partial charge in [-0.05, 0) is 48.4 Å². The summed E-state index contributed by atoms with van der Waals surface area (Å²) >= 11 is 0. The molecular weight excluding hydrogens is 388 g/mol. The van der Waals surface area contributed by atoms with Gasteiger partial charge in [-0.15, -0.1) is 0 Å². The van der Waals surface area contributed by atoms with Crippen molar-refractivity contribution in [3.05, 3.63) is 108 Å². The standard InChI is InChI=1S/C25H24N4O2/c1-19(21-11-13-23(14-12-21)29-18-26-17-27-29)28(2)25(30)22-9-6-10-24(15-22)31-16-20-7-4-3-5-8-20/h3-15,17-19H,16H2,1-2H3. The van der Waals surface area contributed by atoms with E-state index in [2.05, 4.69) is 10.1 Å². The van der Waals surface area contributed by atoms with Gasteiger partial charge in [-0.25, -0.2) is 9.67 Å². The zero-order chi connectivity index (χ0) is 21.6. The molecule has 0 aliphatic rings. The summed E-state index contributed by atoms with van der Waals surface area (Å²) in [6.45, 7) is 2.47. The molecule has 1 unspecified atom stereocenters. The summed E-state index contributed by atoms with van der Waals surface area (Å²) in [7, 11) is 1.82. The summed E-state index contributed by atoms with van der Waals surface area (Å²) in [6.07, 6.45) is 3.15. The lowest BCUT2D eigenvalue weighted by molar-refractivity contribution is 0.0742. The molecule has 0 radical (unpaired) electrons. The maximum Gasteiger partial charge on any atom is 0.254 e. The molecule has 1 aromatic heterocycles. The molecule has 156 valence electrons. The predicted molar refractivity (Wildman–Crippen MR) is 119 cm³/mol. The Hall–Kier alpha value is -3.93. The second-order valence-corrected chi connectivity index (χ2v) is 7.33. The zero-order valence-corrected chi connectivity index (χ0v) is 17.6. The molecule has 0 aliphatic heterocycles. The summed E-state index contributed by atoms with van der Waals surface area (Å²) in [5.41, 5.74) is 3.64. The number of ether oxygens (including phenoxy) is 1. The molecule has 0 aliphatic carbocycles. The highest BCUT2D eigenvalue weighted by molar-refractivity contribution is 5.94. The molecule has 1 heterocycles. The van der Waals surface area contributed by atoms with E-state index in [-0.39, 0.29) is 11.9 Å². The van der Waals surface area contributed by atoms with E-state index in [1.165, 1.54) is 6.33 Å². The SMILES string of the molecule is CC(c1ccc(-n2cncn2)cc1)N(C)C(=O)c1cccc(OCc2ccccc2)c1. The topological polar surface area (TPSA) is 60.2 Å². The number of hydrogen-bond acceptors (Lipinski definition) is 4. The van der Waals surface area contributed by atoms with Crippen LogP contribution in [0.4, 0.5) is 0 Å². The molecule has 0 bridgehead atoms. The maximum atomic E-state index is 13.1. The number of carbonyl (C=O) groups excluding carboxylic acids is 1. The molecule has 6 nitrogen and oxygen atoms in total. The minimum atomic E-state index is -0.0915. The van der Waals surface area contributed by atoms with Crippen LogP contribution in [0.1, 0.15) is 34.5 Å². The van der Waals surface area contributed by atoms with Gasteiger partial charge in [0.2, 0.25) is 0 Å². The lowest BCUT2D eigenvalue weighted by Crippen LogP contribution is -2.29. The Bertz CT molecular complexity index is 1130. The van der Waals surface area contributed by atoms with Crippen LogP contribution in [0, 0.1) is 0 Å². The van der Waals surface area contributed by atoms with Crippen LogP contribution in [0.25, 0.3) is 5.69 Å². The van der Waals surface area contributed by atoms with E-state index in [1.807, 2.05) is 86.8 Å². The van der Waals surface area contributed by atoms with Crippen molar-refractivity contribution in [3.63, 3.8) is 0 Å². The summed E-state index contributed by atoms with van der Waals surface area (Å²) < 4.78 is 7.57. The number of amides is 1.